The van der Waals surface area contributed by atoms with Crippen LogP contribution in [0.2, 0.25) is 0 Å². The van der Waals surface area contributed by atoms with Crippen LogP contribution in [0.1, 0.15) is 25.8 Å². The van der Waals surface area contributed by atoms with Gasteiger partial charge in [0.25, 0.3) is 0 Å². The fourth-order valence-corrected chi connectivity index (χ4v) is 2.06. The first-order valence-electron chi connectivity index (χ1n) is 7.50. The maximum absolute atomic E-state index is 5.61. The van der Waals surface area contributed by atoms with Gasteiger partial charge in [-0.05, 0) is 49.3 Å². The van der Waals surface area contributed by atoms with Crippen LogP contribution < -0.4 is 20.2 Å². The molecule has 0 heterocycles. The molecule has 2 N–H and O–H groups in total. The van der Waals surface area contributed by atoms with Crippen molar-refractivity contribution >= 4 is 23.5 Å². The van der Waals surface area contributed by atoms with Crippen LogP contribution in [0.15, 0.2) is 23.3 Å². The Balaban J connectivity index is 2.57. The van der Waals surface area contributed by atoms with Gasteiger partial charge in [0.2, 0.25) is 0 Å². The van der Waals surface area contributed by atoms with E-state index in [9.17, 15) is 0 Å². The first-order chi connectivity index (χ1) is 11.1. The molecule has 0 saturated heterocycles. The molecule has 0 aliphatic carbocycles. The highest BCUT2D eigenvalue weighted by atomic mass is 32.1. The minimum Gasteiger partial charge on any atom is -0.493 e. The molecule has 1 aromatic rings. The fourth-order valence-electron chi connectivity index (χ4n) is 1.81. The molecule has 23 heavy (non-hydrogen) atoms. The van der Waals surface area contributed by atoms with E-state index in [0.29, 0.717) is 24.1 Å². The van der Waals surface area contributed by atoms with E-state index in [2.05, 4.69) is 22.8 Å². The zero-order valence-corrected chi connectivity index (χ0v) is 14.9. The third-order valence-electron chi connectivity index (χ3n) is 2.82. The van der Waals surface area contributed by atoms with Crippen molar-refractivity contribution in [3.8, 4) is 11.5 Å². The molecule has 0 radical (unpaired) electrons. The fraction of sp³-hybridized carbons (Fsp3) is 0.500. The van der Waals surface area contributed by atoms with Crippen molar-refractivity contribution in [1.29, 1.82) is 0 Å². The standard InChI is InChI=1S/C16H25N3O3S/c1-5-8-22-14-7-6-13(9-15(14)21-4)10-17-19-16(23)18-12(2)11-20-3/h6-7,9-10,12H,5,8,11H2,1-4H3,(H2,18,19,23)/b17-10-/t12-/m1/s1. The van der Waals surface area contributed by atoms with Crippen LogP contribution in [0, 0.1) is 0 Å². The number of nitrogens with one attached hydrogen (secondary N) is 2. The van der Waals surface area contributed by atoms with Gasteiger partial charge in [-0.3, -0.25) is 5.43 Å². The lowest BCUT2D eigenvalue weighted by Crippen LogP contribution is -2.40. The second-order valence-corrected chi connectivity index (χ2v) is 5.37. The number of hydrogen-bond acceptors (Lipinski definition) is 5. The summed E-state index contributed by atoms with van der Waals surface area (Å²) in [6, 6.07) is 5.75. The van der Waals surface area contributed by atoms with E-state index in [1.807, 2.05) is 25.1 Å². The molecule has 0 aromatic heterocycles. The molecule has 128 valence electrons. The van der Waals surface area contributed by atoms with Crippen molar-refractivity contribution in [2.45, 2.75) is 26.3 Å². The van der Waals surface area contributed by atoms with Gasteiger partial charge in [-0.2, -0.15) is 5.10 Å². The molecule has 0 amide bonds. The summed E-state index contributed by atoms with van der Waals surface area (Å²) in [5.41, 5.74) is 3.65. The molecule has 0 aliphatic heterocycles. The summed E-state index contributed by atoms with van der Waals surface area (Å²) in [5, 5.41) is 7.61. The summed E-state index contributed by atoms with van der Waals surface area (Å²) in [5.74, 6) is 1.40. The maximum atomic E-state index is 5.61. The van der Waals surface area contributed by atoms with Crippen molar-refractivity contribution in [2.75, 3.05) is 27.4 Å². The largest absolute Gasteiger partial charge is 0.493 e. The molecule has 1 rings (SSSR count). The Hall–Kier alpha value is -1.86. The van der Waals surface area contributed by atoms with Crippen LogP contribution in [0.5, 0.6) is 11.5 Å². The summed E-state index contributed by atoms with van der Waals surface area (Å²) >= 11 is 5.14. The predicted octanol–water partition coefficient (Wildman–Crippen LogP) is 2.32. The SMILES string of the molecule is CCCOc1ccc(/C=N\NC(=S)N[C@H](C)COC)cc1OC. The first kappa shape index (κ1) is 19.2. The van der Waals surface area contributed by atoms with E-state index in [1.165, 1.54) is 0 Å². The van der Waals surface area contributed by atoms with Crippen molar-refractivity contribution < 1.29 is 14.2 Å². The Kier molecular flexibility index (Phi) is 9.01. The van der Waals surface area contributed by atoms with E-state index < -0.39 is 0 Å². The molecule has 0 fully saturated rings. The third-order valence-corrected chi connectivity index (χ3v) is 3.03. The Bertz CT molecular complexity index is 523. The zero-order chi connectivity index (χ0) is 17.1. The number of rotatable bonds is 9. The Morgan fingerprint density at radius 3 is 2.78 bits per heavy atom. The van der Waals surface area contributed by atoms with Gasteiger partial charge in [0.05, 0.1) is 26.5 Å². The van der Waals surface area contributed by atoms with Crippen LogP contribution in [-0.2, 0) is 4.74 Å². The summed E-state index contributed by atoms with van der Waals surface area (Å²) in [6.07, 6.45) is 2.61. The molecular formula is C16H25N3O3S. The van der Waals surface area contributed by atoms with Crippen molar-refractivity contribution in [3.63, 3.8) is 0 Å². The maximum Gasteiger partial charge on any atom is 0.187 e. The molecule has 0 unspecified atom stereocenters. The number of benzene rings is 1. The number of ether oxygens (including phenoxy) is 3. The highest BCUT2D eigenvalue weighted by Crippen LogP contribution is 2.27. The molecule has 0 spiro atoms. The monoisotopic (exact) mass is 339 g/mol. The lowest BCUT2D eigenvalue weighted by Gasteiger charge is -2.13. The second kappa shape index (κ2) is 10.8. The predicted molar refractivity (Wildman–Crippen MR) is 96.6 cm³/mol. The Morgan fingerprint density at radius 1 is 1.35 bits per heavy atom. The van der Waals surface area contributed by atoms with Gasteiger partial charge in [0.15, 0.2) is 16.6 Å². The van der Waals surface area contributed by atoms with E-state index >= 15 is 0 Å². The molecule has 0 aliphatic rings. The number of nitrogens with zero attached hydrogens (tertiary/aromatic N) is 1. The van der Waals surface area contributed by atoms with Gasteiger partial charge >= 0.3 is 0 Å². The number of hydrogen-bond donors (Lipinski definition) is 2. The topological polar surface area (TPSA) is 64.1 Å². The molecule has 1 atom stereocenters. The van der Waals surface area contributed by atoms with Crippen LogP contribution in [0.4, 0.5) is 0 Å². The molecular weight excluding hydrogens is 314 g/mol. The minimum absolute atomic E-state index is 0.116. The molecule has 7 heteroatoms. The average molecular weight is 339 g/mol. The minimum atomic E-state index is 0.116. The van der Waals surface area contributed by atoms with Gasteiger partial charge in [-0.15, -0.1) is 0 Å². The normalized spacial score (nSPS) is 12.0. The number of methoxy groups -OCH3 is 2. The van der Waals surface area contributed by atoms with Gasteiger partial charge in [-0.25, -0.2) is 0 Å². The smallest absolute Gasteiger partial charge is 0.187 e. The lowest BCUT2D eigenvalue weighted by atomic mass is 10.2. The zero-order valence-electron chi connectivity index (χ0n) is 14.1. The van der Waals surface area contributed by atoms with E-state index in [-0.39, 0.29) is 6.04 Å². The van der Waals surface area contributed by atoms with Crippen LogP contribution in [0.25, 0.3) is 0 Å². The summed E-state index contributed by atoms with van der Waals surface area (Å²) in [7, 11) is 3.26. The number of thiocarbonyl (C=S) groups is 1. The first-order valence-corrected chi connectivity index (χ1v) is 7.90. The highest BCUT2D eigenvalue weighted by molar-refractivity contribution is 7.80. The second-order valence-electron chi connectivity index (χ2n) is 4.96. The highest BCUT2D eigenvalue weighted by Gasteiger charge is 2.05. The van der Waals surface area contributed by atoms with E-state index in [1.54, 1.807) is 20.4 Å². The lowest BCUT2D eigenvalue weighted by molar-refractivity contribution is 0.179. The van der Waals surface area contributed by atoms with Crippen molar-refractivity contribution in [3.05, 3.63) is 23.8 Å². The van der Waals surface area contributed by atoms with Crippen LogP contribution >= 0.6 is 12.2 Å². The molecule has 0 bridgehead atoms. The third kappa shape index (κ3) is 7.30. The van der Waals surface area contributed by atoms with Gasteiger partial charge in [0.1, 0.15) is 0 Å². The van der Waals surface area contributed by atoms with E-state index in [4.69, 9.17) is 26.4 Å². The molecule has 1 aromatic carbocycles. The van der Waals surface area contributed by atoms with Crippen molar-refractivity contribution in [1.82, 2.24) is 10.7 Å². The van der Waals surface area contributed by atoms with Gasteiger partial charge in [0, 0.05) is 13.2 Å². The molecule has 6 nitrogen and oxygen atoms in total. The Morgan fingerprint density at radius 2 is 2.13 bits per heavy atom. The summed E-state index contributed by atoms with van der Waals surface area (Å²) in [4.78, 5) is 0. The molecule has 0 saturated carbocycles. The van der Waals surface area contributed by atoms with E-state index in [0.717, 1.165) is 17.7 Å². The quantitative estimate of drug-likeness (QED) is 0.409. The van der Waals surface area contributed by atoms with Gasteiger partial charge in [-0.1, -0.05) is 6.92 Å². The summed E-state index contributed by atoms with van der Waals surface area (Å²) < 4.78 is 16.0. The van der Waals surface area contributed by atoms with Crippen molar-refractivity contribution in [2.24, 2.45) is 5.10 Å². The van der Waals surface area contributed by atoms with Crippen LogP contribution in [-0.4, -0.2) is 44.8 Å². The Labute approximate surface area is 143 Å². The van der Waals surface area contributed by atoms with Crippen LogP contribution in [0.3, 0.4) is 0 Å². The summed E-state index contributed by atoms with van der Waals surface area (Å²) in [6.45, 7) is 5.26. The van der Waals surface area contributed by atoms with Gasteiger partial charge < -0.3 is 19.5 Å². The average Bonchev–Trinajstić information content (AvgIpc) is 2.53. The number of hydrazone groups is 1.